The summed E-state index contributed by atoms with van der Waals surface area (Å²) >= 11 is 1.54. The number of rotatable bonds is 4. The number of aromatic nitrogens is 1. The van der Waals surface area contributed by atoms with E-state index >= 15 is 0 Å². The quantitative estimate of drug-likeness (QED) is 0.676. The molecule has 0 fully saturated rings. The Morgan fingerprint density at radius 1 is 1.12 bits per heavy atom. The minimum atomic E-state index is 0.00989. The molecule has 1 aromatic heterocycles. The molecule has 1 amide bonds. The monoisotopic (exact) mass is 352 g/mol. The zero-order chi connectivity index (χ0) is 18.0. The summed E-state index contributed by atoms with van der Waals surface area (Å²) in [5.74, 6) is 0.00989. The highest BCUT2D eigenvalue weighted by atomic mass is 32.1. The molecule has 0 saturated carbocycles. The lowest BCUT2D eigenvalue weighted by molar-refractivity contribution is -0.116. The third kappa shape index (κ3) is 4.45. The number of carbonyl (C=O) groups excluding carboxylic acids is 1. The molecule has 1 heterocycles. The number of anilines is 1. The molecule has 0 aliphatic heterocycles. The van der Waals surface area contributed by atoms with E-state index < -0.39 is 0 Å². The number of hydrogen-bond donors (Lipinski definition) is 1. The number of carbonyl (C=O) groups is 1. The van der Waals surface area contributed by atoms with Gasteiger partial charge < -0.3 is 5.32 Å². The van der Waals surface area contributed by atoms with Crippen molar-refractivity contribution in [3.63, 3.8) is 0 Å². The van der Waals surface area contributed by atoms with E-state index in [1.807, 2.05) is 6.07 Å². The third-order valence-electron chi connectivity index (χ3n) is 4.26. The molecule has 3 nitrogen and oxygen atoms in total. The summed E-state index contributed by atoms with van der Waals surface area (Å²) in [7, 11) is 0. The molecule has 1 N–H and O–H groups in total. The van der Waals surface area contributed by atoms with Crippen LogP contribution in [0.3, 0.4) is 0 Å². The Balaban J connectivity index is 1.65. The van der Waals surface area contributed by atoms with Gasteiger partial charge in [-0.2, -0.15) is 0 Å². The van der Waals surface area contributed by atoms with E-state index in [0.717, 1.165) is 16.6 Å². The summed E-state index contributed by atoms with van der Waals surface area (Å²) in [5.41, 5.74) is 4.74. The summed E-state index contributed by atoms with van der Waals surface area (Å²) < 4.78 is 1.11. The Morgan fingerprint density at radius 2 is 1.84 bits per heavy atom. The highest BCUT2D eigenvalue weighted by Crippen LogP contribution is 2.31. The number of amides is 1. The van der Waals surface area contributed by atoms with Gasteiger partial charge in [-0.15, -0.1) is 0 Å². The van der Waals surface area contributed by atoms with E-state index in [9.17, 15) is 4.79 Å². The average molecular weight is 353 g/mol. The van der Waals surface area contributed by atoms with Crippen molar-refractivity contribution in [1.82, 2.24) is 4.98 Å². The minimum absolute atomic E-state index is 0.00989. The molecular formula is C21H24N2OS. The van der Waals surface area contributed by atoms with Gasteiger partial charge in [-0.1, -0.05) is 68.0 Å². The second-order valence-electron chi connectivity index (χ2n) is 7.49. The van der Waals surface area contributed by atoms with E-state index in [2.05, 4.69) is 74.4 Å². The summed E-state index contributed by atoms with van der Waals surface area (Å²) in [6, 6.07) is 14.6. The fourth-order valence-electron chi connectivity index (χ4n) is 2.64. The second-order valence-corrected chi connectivity index (χ2v) is 8.52. The zero-order valence-electron chi connectivity index (χ0n) is 15.2. The number of hydrogen-bond acceptors (Lipinski definition) is 3. The third-order valence-corrected chi connectivity index (χ3v) is 5.20. The molecule has 0 aliphatic rings. The van der Waals surface area contributed by atoms with E-state index in [-0.39, 0.29) is 11.3 Å². The fourth-order valence-corrected chi connectivity index (χ4v) is 3.56. The molecule has 0 unspecified atom stereocenters. The topological polar surface area (TPSA) is 42.0 Å². The van der Waals surface area contributed by atoms with Crippen molar-refractivity contribution >= 4 is 32.6 Å². The van der Waals surface area contributed by atoms with Gasteiger partial charge in [-0.05, 0) is 42.0 Å². The Bertz CT molecular complexity index is 888. The number of fused-ring (bicyclic) bond motifs is 1. The van der Waals surface area contributed by atoms with Gasteiger partial charge >= 0.3 is 0 Å². The van der Waals surface area contributed by atoms with Crippen LogP contribution in [-0.4, -0.2) is 10.9 Å². The molecule has 0 radical (unpaired) electrons. The number of benzene rings is 2. The van der Waals surface area contributed by atoms with Gasteiger partial charge in [0.15, 0.2) is 5.13 Å². The first-order chi connectivity index (χ1) is 11.8. The van der Waals surface area contributed by atoms with Crippen molar-refractivity contribution in [2.24, 2.45) is 0 Å². The van der Waals surface area contributed by atoms with Gasteiger partial charge in [0, 0.05) is 6.42 Å². The van der Waals surface area contributed by atoms with Gasteiger partial charge in [0.2, 0.25) is 5.91 Å². The molecule has 130 valence electrons. The van der Waals surface area contributed by atoms with Crippen molar-refractivity contribution < 1.29 is 4.79 Å². The maximum atomic E-state index is 12.2. The predicted molar refractivity (Wildman–Crippen MR) is 106 cm³/mol. The molecule has 0 atom stereocenters. The standard InChI is InChI=1S/C21H24N2OS/c1-14-5-7-15(8-6-14)9-12-19(24)23-20-22-17-11-10-16(21(2,3)4)13-18(17)25-20/h5-8,10-11,13H,9,12H2,1-4H3,(H,22,23,24). The molecule has 0 aliphatic carbocycles. The lowest BCUT2D eigenvalue weighted by Crippen LogP contribution is -2.12. The van der Waals surface area contributed by atoms with E-state index in [4.69, 9.17) is 0 Å². The first-order valence-electron chi connectivity index (χ1n) is 8.58. The van der Waals surface area contributed by atoms with Crippen LogP contribution in [0.1, 0.15) is 43.9 Å². The van der Waals surface area contributed by atoms with Gasteiger partial charge in [0.05, 0.1) is 10.2 Å². The van der Waals surface area contributed by atoms with Crippen LogP contribution in [0, 0.1) is 6.92 Å². The zero-order valence-corrected chi connectivity index (χ0v) is 16.0. The molecule has 3 rings (SSSR count). The summed E-state index contributed by atoms with van der Waals surface area (Å²) in [6.45, 7) is 8.66. The normalized spacial score (nSPS) is 11.7. The highest BCUT2D eigenvalue weighted by Gasteiger charge is 2.15. The maximum absolute atomic E-state index is 12.2. The summed E-state index contributed by atoms with van der Waals surface area (Å²) in [5, 5.41) is 3.62. The molecule has 2 aromatic carbocycles. The van der Waals surface area contributed by atoms with Crippen LogP contribution in [0.2, 0.25) is 0 Å². The first kappa shape index (κ1) is 17.6. The van der Waals surface area contributed by atoms with Crippen LogP contribution >= 0.6 is 11.3 Å². The maximum Gasteiger partial charge on any atom is 0.226 e. The molecule has 3 aromatic rings. The Hall–Kier alpha value is -2.20. The largest absolute Gasteiger partial charge is 0.302 e. The SMILES string of the molecule is Cc1ccc(CCC(=O)Nc2nc3ccc(C(C)(C)C)cc3s2)cc1. The highest BCUT2D eigenvalue weighted by molar-refractivity contribution is 7.22. The minimum Gasteiger partial charge on any atom is -0.302 e. The molecule has 0 saturated heterocycles. The Labute approximate surface area is 153 Å². The van der Waals surface area contributed by atoms with Crippen LogP contribution in [0.5, 0.6) is 0 Å². The number of aryl methyl sites for hydroxylation is 2. The van der Waals surface area contributed by atoms with Crippen molar-refractivity contribution in [1.29, 1.82) is 0 Å². The van der Waals surface area contributed by atoms with Crippen molar-refractivity contribution in [2.75, 3.05) is 5.32 Å². The van der Waals surface area contributed by atoms with E-state index in [1.165, 1.54) is 28.0 Å². The molecule has 4 heteroatoms. The molecular weight excluding hydrogens is 328 g/mol. The fraction of sp³-hybridized carbons (Fsp3) is 0.333. The van der Waals surface area contributed by atoms with Gasteiger partial charge in [-0.25, -0.2) is 4.98 Å². The summed E-state index contributed by atoms with van der Waals surface area (Å²) in [4.78, 5) is 16.7. The second kappa shape index (κ2) is 6.96. The first-order valence-corrected chi connectivity index (χ1v) is 9.39. The van der Waals surface area contributed by atoms with Crippen LogP contribution in [0.25, 0.3) is 10.2 Å². The van der Waals surface area contributed by atoms with Crippen molar-refractivity contribution in [3.05, 3.63) is 59.2 Å². The Kier molecular flexibility index (Phi) is 4.91. The number of thiazole rings is 1. The molecule has 0 bridgehead atoms. The van der Waals surface area contributed by atoms with Gasteiger partial charge in [0.1, 0.15) is 0 Å². The van der Waals surface area contributed by atoms with Crippen molar-refractivity contribution in [3.8, 4) is 0 Å². The Morgan fingerprint density at radius 3 is 2.52 bits per heavy atom. The average Bonchev–Trinajstić information content (AvgIpc) is 2.94. The van der Waals surface area contributed by atoms with Gasteiger partial charge in [0.25, 0.3) is 0 Å². The molecule has 0 spiro atoms. The van der Waals surface area contributed by atoms with Gasteiger partial charge in [-0.3, -0.25) is 4.79 Å². The van der Waals surface area contributed by atoms with Crippen LogP contribution in [0.4, 0.5) is 5.13 Å². The predicted octanol–water partition coefficient (Wildman–Crippen LogP) is 5.47. The van der Waals surface area contributed by atoms with Crippen molar-refractivity contribution in [2.45, 2.75) is 46.0 Å². The van der Waals surface area contributed by atoms with Crippen LogP contribution in [-0.2, 0) is 16.6 Å². The van der Waals surface area contributed by atoms with Crippen LogP contribution < -0.4 is 5.32 Å². The number of nitrogens with zero attached hydrogens (tertiary/aromatic N) is 1. The molecule has 25 heavy (non-hydrogen) atoms. The summed E-state index contributed by atoms with van der Waals surface area (Å²) in [6.07, 6.45) is 1.21. The lowest BCUT2D eigenvalue weighted by atomic mass is 9.87. The van der Waals surface area contributed by atoms with E-state index in [1.54, 1.807) is 0 Å². The van der Waals surface area contributed by atoms with E-state index in [0.29, 0.717) is 11.6 Å². The lowest BCUT2D eigenvalue weighted by Gasteiger charge is -2.18. The smallest absolute Gasteiger partial charge is 0.226 e. The van der Waals surface area contributed by atoms with Crippen LogP contribution in [0.15, 0.2) is 42.5 Å². The number of nitrogens with one attached hydrogen (secondary N) is 1.